The van der Waals surface area contributed by atoms with Crippen LogP contribution in [0.2, 0.25) is 0 Å². The average molecular weight is 236 g/mol. The molecule has 0 aromatic rings. The molecule has 74 valence electrons. The van der Waals surface area contributed by atoms with Crippen LogP contribution in [0.1, 0.15) is 51.9 Å². The highest BCUT2D eigenvalue weighted by Crippen LogP contribution is 2.08. The minimum absolute atomic E-state index is 0.396. The van der Waals surface area contributed by atoms with Gasteiger partial charge in [-0.2, -0.15) is 0 Å². The van der Waals surface area contributed by atoms with Crippen LogP contribution < -0.4 is 5.73 Å². The van der Waals surface area contributed by atoms with Gasteiger partial charge in [0.15, 0.2) is 0 Å². The van der Waals surface area contributed by atoms with Gasteiger partial charge in [-0.3, -0.25) is 0 Å². The maximum Gasteiger partial charge on any atom is 0.00313 e. The Balaban J connectivity index is 2.82. The fraction of sp³-hybridized carbons (Fsp3) is 1.00. The van der Waals surface area contributed by atoms with E-state index < -0.39 is 0 Å². The second-order valence-electron chi connectivity index (χ2n) is 3.58. The first-order valence-electron chi connectivity index (χ1n) is 5.09. The Morgan fingerprint density at radius 1 is 1.00 bits per heavy atom. The smallest absolute Gasteiger partial charge is 0.00313 e. The van der Waals surface area contributed by atoms with E-state index in [0.29, 0.717) is 6.04 Å². The monoisotopic (exact) mass is 235 g/mol. The predicted molar refractivity (Wildman–Crippen MR) is 59.8 cm³/mol. The van der Waals surface area contributed by atoms with Gasteiger partial charge in [-0.15, -0.1) is 0 Å². The normalized spacial score (nSPS) is 13.2. The summed E-state index contributed by atoms with van der Waals surface area (Å²) in [5, 5.41) is 1.16. The lowest BCUT2D eigenvalue weighted by Gasteiger charge is -2.03. The lowest BCUT2D eigenvalue weighted by molar-refractivity contribution is 0.555. The molecule has 1 atom stereocenters. The Bertz CT molecular complexity index is 83.9. The molecule has 0 amide bonds. The number of rotatable bonds is 8. The minimum Gasteiger partial charge on any atom is -0.328 e. The maximum atomic E-state index is 5.65. The fourth-order valence-corrected chi connectivity index (χ4v) is 1.66. The fourth-order valence-electron chi connectivity index (χ4n) is 1.27. The number of hydrogen-bond donors (Lipinski definition) is 1. The Morgan fingerprint density at radius 3 is 2.00 bits per heavy atom. The van der Waals surface area contributed by atoms with E-state index in [1.165, 1.54) is 44.9 Å². The highest BCUT2D eigenvalue weighted by atomic mass is 79.9. The third-order valence-electron chi connectivity index (χ3n) is 2.04. The van der Waals surface area contributed by atoms with Crippen LogP contribution in [-0.4, -0.2) is 11.4 Å². The lowest BCUT2D eigenvalue weighted by Crippen LogP contribution is -2.13. The molecule has 0 spiro atoms. The molecule has 2 N–H and O–H groups in total. The Morgan fingerprint density at radius 2 is 1.50 bits per heavy atom. The first-order valence-corrected chi connectivity index (χ1v) is 6.21. The van der Waals surface area contributed by atoms with Crippen molar-refractivity contribution in [2.45, 2.75) is 57.9 Å². The van der Waals surface area contributed by atoms with Crippen molar-refractivity contribution in [1.82, 2.24) is 0 Å². The van der Waals surface area contributed by atoms with Gasteiger partial charge in [0.2, 0.25) is 0 Å². The van der Waals surface area contributed by atoms with Crippen molar-refractivity contribution in [3.63, 3.8) is 0 Å². The number of nitrogens with two attached hydrogens (primary N) is 1. The summed E-state index contributed by atoms with van der Waals surface area (Å²) in [6.07, 6.45) is 9.36. The van der Waals surface area contributed by atoms with E-state index >= 15 is 0 Å². The third kappa shape index (κ3) is 10.4. The molecule has 0 aliphatic heterocycles. The zero-order chi connectivity index (χ0) is 9.23. The summed E-state index contributed by atoms with van der Waals surface area (Å²) in [4.78, 5) is 0. The standard InChI is InChI=1S/C10H22BrN/c1-10(12)8-6-4-2-3-5-7-9-11/h10H,2-9,12H2,1H3. The van der Waals surface area contributed by atoms with Crippen molar-refractivity contribution in [3.05, 3.63) is 0 Å². The van der Waals surface area contributed by atoms with Crippen LogP contribution in [-0.2, 0) is 0 Å². The van der Waals surface area contributed by atoms with Crippen molar-refractivity contribution < 1.29 is 0 Å². The Hall–Kier alpha value is 0.440. The summed E-state index contributed by atoms with van der Waals surface area (Å²) in [5.74, 6) is 0. The first-order chi connectivity index (χ1) is 5.77. The van der Waals surface area contributed by atoms with E-state index in [1.54, 1.807) is 0 Å². The van der Waals surface area contributed by atoms with Gasteiger partial charge in [-0.1, -0.05) is 48.0 Å². The molecule has 0 saturated carbocycles. The molecule has 0 radical (unpaired) electrons. The Kier molecular flexibility index (Phi) is 9.88. The topological polar surface area (TPSA) is 26.0 Å². The average Bonchev–Trinajstić information content (AvgIpc) is 2.02. The van der Waals surface area contributed by atoms with Gasteiger partial charge >= 0.3 is 0 Å². The van der Waals surface area contributed by atoms with Crippen molar-refractivity contribution in [3.8, 4) is 0 Å². The lowest BCUT2D eigenvalue weighted by atomic mass is 10.1. The van der Waals surface area contributed by atoms with Gasteiger partial charge < -0.3 is 5.73 Å². The second kappa shape index (κ2) is 9.53. The van der Waals surface area contributed by atoms with Gasteiger partial charge in [-0.25, -0.2) is 0 Å². The molecular formula is C10H22BrN. The van der Waals surface area contributed by atoms with Crippen LogP contribution in [0.5, 0.6) is 0 Å². The largest absolute Gasteiger partial charge is 0.328 e. The summed E-state index contributed by atoms with van der Waals surface area (Å²) >= 11 is 3.43. The molecule has 0 aromatic carbocycles. The van der Waals surface area contributed by atoms with Crippen molar-refractivity contribution in [2.75, 3.05) is 5.33 Å². The van der Waals surface area contributed by atoms with Gasteiger partial charge in [0, 0.05) is 11.4 Å². The van der Waals surface area contributed by atoms with Gasteiger partial charge in [0.25, 0.3) is 0 Å². The third-order valence-corrected chi connectivity index (χ3v) is 2.60. The van der Waals surface area contributed by atoms with Crippen LogP contribution >= 0.6 is 15.9 Å². The number of halogens is 1. The van der Waals surface area contributed by atoms with E-state index in [1.807, 2.05) is 0 Å². The number of alkyl halides is 1. The summed E-state index contributed by atoms with van der Waals surface area (Å²) in [7, 11) is 0. The van der Waals surface area contributed by atoms with Crippen molar-refractivity contribution in [1.29, 1.82) is 0 Å². The van der Waals surface area contributed by atoms with Gasteiger partial charge in [0.1, 0.15) is 0 Å². The zero-order valence-corrected chi connectivity index (χ0v) is 9.78. The van der Waals surface area contributed by atoms with Crippen LogP contribution in [0.3, 0.4) is 0 Å². The van der Waals surface area contributed by atoms with E-state index in [4.69, 9.17) is 5.73 Å². The SMILES string of the molecule is CC(N)CCCCCCCCBr. The molecule has 0 rings (SSSR count). The first kappa shape index (κ1) is 12.4. The molecule has 12 heavy (non-hydrogen) atoms. The highest BCUT2D eigenvalue weighted by Gasteiger charge is 1.94. The van der Waals surface area contributed by atoms with Crippen LogP contribution in [0.25, 0.3) is 0 Å². The van der Waals surface area contributed by atoms with Crippen LogP contribution in [0.15, 0.2) is 0 Å². The molecule has 0 aliphatic rings. The molecule has 0 aromatic heterocycles. The predicted octanol–water partition coefficient (Wildman–Crippen LogP) is 3.46. The van der Waals surface area contributed by atoms with Gasteiger partial charge in [0.05, 0.1) is 0 Å². The van der Waals surface area contributed by atoms with Crippen molar-refractivity contribution in [2.24, 2.45) is 5.73 Å². The summed E-state index contributed by atoms with van der Waals surface area (Å²) < 4.78 is 0. The van der Waals surface area contributed by atoms with Crippen molar-refractivity contribution >= 4 is 15.9 Å². The minimum atomic E-state index is 0.396. The second-order valence-corrected chi connectivity index (χ2v) is 4.37. The molecule has 0 bridgehead atoms. The van der Waals surface area contributed by atoms with E-state index in [2.05, 4.69) is 22.9 Å². The molecule has 0 saturated heterocycles. The summed E-state index contributed by atoms with van der Waals surface area (Å²) in [6, 6.07) is 0.396. The van der Waals surface area contributed by atoms with E-state index in [9.17, 15) is 0 Å². The molecular weight excluding hydrogens is 214 g/mol. The molecule has 2 heteroatoms. The summed E-state index contributed by atoms with van der Waals surface area (Å²) in [6.45, 7) is 2.09. The molecule has 1 nitrogen and oxygen atoms in total. The molecule has 1 unspecified atom stereocenters. The zero-order valence-electron chi connectivity index (χ0n) is 8.19. The quantitative estimate of drug-likeness (QED) is 0.507. The van der Waals surface area contributed by atoms with Crippen LogP contribution in [0.4, 0.5) is 0 Å². The van der Waals surface area contributed by atoms with E-state index in [-0.39, 0.29) is 0 Å². The summed E-state index contributed by atoms with van der Waals surface area (Å²) in [5.41, 5.74) is 5.65. The van der Waals surface area contributed by atoms with Gasteiger partial charge in [-0.05, 0) is 19.8 Å². The van der Waals surface area contributed by atoms with Crippen LogP contribution in [0, 0.1) is 0 Å². The number of unbranched alkanes of at least 4 members (excludes halogenated alkanes) is 5. The molecule has 0 aliphatic carbocycles. The number of hydrogen-bond acceptors (Lipinski definition) is 1. The Labute approximate surface area is 85.2 Å². The molecule has 0 heterocycles. The molecule has 0 fully saturated rings. The maximum absolute atomic E-state index is 5.65. The van der Waals surface area contributed by atoms with E-state index in [0.717, 1.165) is 5.33 Å². The highest BCUT2D eigenvalue weighted by molar-refractivity contribution is 9.09.